The Morgan fingerprint density at radius 2 is 0.871 bits per heavy atom. The van der Waals surface area contributed by atoms with E-state index in [1.807, 2.05) is 0 Å². The van der Waals surface area contributed by atoms with Crippen molar-refractivity contribution >= 4 is 7.75 Å². The van der Waals surface area contributed by atoms with Crippen LogP contribution in [0.25, 0.3) is 0 Å². The molecule has 0 rings (SSSR count). The van der Waals surface area contributed by atoms with Crippen LogP contribution in [-0.2, 0) is 9.09 Å². The summed E-state index contributed by atoms with van der Waals surface area (Å²) < 4.78 is 20.0. The third-order valence-electron chi connectivity index (χ3n) is 6.15. The van der Waals surface area contributed by atoms with Gasteiger partial charge in [0.1, 0.15) is 0 Å². The summed E-state index contributed by atoms with van der Waals surface area (Å²) in [5.74, 6) is 0. The van der Waals surface area contributed by atoms with E-state index in [1.54, 1.807) is 4.67 Å². The zero-order valence-electron chi connectivity index (χ0n) is 21.4. The van der Waals surface area contributed by atoms with E-state index >= 15 is 0 Å². The van der Waals surface area contributed by atoms with E-state index in [2.05, 4.69) is 20.8 Å². The van der Waals surface area contributed by atoms with Crippen LogP contribution in [-0.4, -0.2) is 29.3 Å². The molecule has 4 nitrogen and oxygen atoms in total. The van der Waals surface area contributed by atoms with Crippen molar-refractivity contribution in [3.8, 4) is 0 Å². The second kappa shape index (κ2) is 23.3. The molecule has 0 aromatic carbocycles. The molecule has 1 atom stereocenters. The van der Waals surface area contributed by atoms with Crippen molar-refractivity contribution < 1.29 is 14.0 Å². The first-order chi connectivity index (χ1) is 15.1. The fourth-order valence-electron chi connectivity index (χ4n) is 3.98. The first-order valence-corrected chi connectivity index (χ1v) is 15.3. The van der Waals surface area contributed by atoms with Crippen molar-refractivity contribution in [2.45, 2.75) is 149 Å². The molecule has 0 aromatic heterocycles. The van der Waals surface area contributed by atoms with Crippen LogP contribution >= 0.6 is 7.75 Å². The monoisotopic (exact) mass is 461 g/mol. The van der Waals surface area contributed by atoms with Crippen LogP contribution in [0.3, 0.4) is 0 Å². The van der Waals surface area contributed by atoms with Gasteiger partial charge in [-0.15, -0.1) is 0 Å². The van der Waals surface area contributed by atoms with E-state index in [0.29, 0.717) is 19.7 Å². The Balaban J connectivity index is 4.10. The Morgan fingerprint density at radius 3 is 1.23 bits per heavy atom. The largest absolute Gasteiger partial charge is 0.405 e. The lowest BCUT2D eigenvalue weighted by Gasteiger charge is -2.26. The Morgan fingerprint density at radius 1 is 0.548 bits per heavy atom. The highest BCUT2D eigenvalue weighted by Crippen LogP contribution is 2.46. The molecule has 0 aliphatic heterocycles. The Kier molecular flexibility index (Phi) is 23.4. The van der Waals surface area contributed by atoms with Crippen LogP contribution in [0.1, 0.15) is 149 Å². The normalized spacial score (nSPS) is 13.7. The molecule has 5 heteroatoms. The SMILES string of the molecule is CCCCCCCCCCCN(CCCCCCCCCCC)P(=O)(O)OCCCC. The molecule has 0 saturated carbocycles. The fourth-order valence-corrected chi connectivity index (χ4v) is 5.30. The molecule has 188 valence electrons. The lowest BCUT2D eigenvalue weighted by Crippen LogP contribution is -2.24. The fraction of sp³-hybridized carbons (Fsp3) is 1.00. The third kappa shape index (κ3) is 20.4. The van der Waals surface area contributed by atoms with Crippen LogP contribution in [0, 0.1) is 0 Å². The van der Waals surface area contributed by atoms with Gasteiger partial charge in [-0.05, 0) is 19.3 Å². The van der Waals surface area contributed by atoms with E-state index in [-0.39, 0.29) is 0 Å². The minimum atomic E-state index is -3.65. The molecule has 1 unspecified atom stereocenters. The van der Waals surface area contributed by atoms with Gasteiger partial charge in [-0.3, -0.25) is 4.52 Å². The average molecular weight is 462 g/mol. The summed E-state index contributed by atoms with van der Waals surface area (Å²) in [6.07, 6.45) is 24.6. The van der Waals surface area contributed by atoms with Crippen LogP contribution in [0.15, 0.2) is 0 Å². The Bertz CT molecular complexity index is 384. The van der Waals surface area contributed by atoms with E-state index in [1.165, 1.54) is 89.9 Å². The zero-order valence-corrected chi connectivity index (χ0v) is 22.3. The van der Waals surface area contributed by atoms with Crippen molar-refractivity contribution in [3.63, 3.8) is 0 Å². The van der Waals surface area contributed by atoms with Crippen molar-refractivity contribution in [2.24, 2.45) is 0 Å². The predicted octanol–water partition coefficient (Wildman–Crippen LogP) is 9.27. The maximum absolute atomic E-state index is 12.8. The number of unbranched alkanes of at least 4 members (excludes halogenated alkanes) is 17. The minimum Gasteiger partial charge on any atom is -0.312 e. The quantitative estimate of drug-likeness (QED) is 0.109. The highest BCUT2D eigenvalue weighted by molar-refractivity contribution is 7.50. The van der Waals surface area contributed by atoms with Crippen molar-refractivity contribution in [2.75, 3.05) is 19.7 Å². The van der Waals surface area contributed by atoms with Crippen molar-refractivity contribution in [1.82, 2.24) is 4.67 Å². The molecule has 0 saturated heterocycles. The van der Waals surface area contributed by atoms with Gasteiger partial charge in [0.2, 0.25) is 0 Å². The van der Waals surface area contributed by atoms with E-state index in [4.69, 9.17) is 4.52 Å². The molecule has 1 N–H and O–H groups in total. The van der Waals surface area contributed by atoms with Gasteiger partial charge >= 0.3 is 7.75 Å². The first-order valence-electron chi connectivity index (χ1n) is 13.8. The molecule has 0 bridgehead atoms. The summed E-state index contributed by atoms with van der Waals surface area (Å²) in [5.41, 5.74) is 0. The first kappa shape index (κ1) is 31.1. The predicted molar refractivity (Wildman–Crippen MR) is 137 cm³/mol. The highest BCUT2D eigenvalue weighted by Gasteiger charge is 2.28. The van der Waals surface area contributed by atoms with Gasteiger partial charge in [0.05, 0.1) is 6.61 Å². The van der Waals surface area contributed by atoms with Crippen LogP contribution < -0.4 is 0 Å². The standard InChI is InChI=1S/C26H56NO3P/c1-4-7-10-12-14-16-18-20-22-24-27(31(28,29)30-26-9-6-3)25-23-21-19-17-15-13-11-8-5-2/h4-26H2,1-3H3,(H,28,29). The third-order valence-corrected chi connectivity index (χ3v) is 7.79. The second-order valence-corrected chi connectivity index (χ2v) is 11.1. The van der Waals surface area contributed by atoms with E-state index < -0.39 is 7.75 Å². The van der Waals surface area contributed by atoms with Crippen molar-refractivity contribution in [1.29, 1.82) is 0 Å². The average Bonchev–Trinajstić information content (AvgIpc) is 2.75. The molecule has 0 aromatic rings. The van der Waals surface area contributed by atoms with E-state index in [9.17, 15) is 9.46 Å². The van der Waals surface area contributed by atoms with E-state index in [0.717, 1.165) is 38.5 Å². The van der Waals surface area contributed by atoms with Gasteiger partial charge in [0.25, 0.3) is 0 Å². The zero-order chi connectivity index (χ0) is 23.0. The summed E-state index contributed by atoms with van der Waals surface area (Å²) >= 11 is 0. The summed E-state index contributed by atoms with van der Waals surface area (Å²) in [4.78, 5) is 10.5. The molecular formula is C26H56NO3P. The summed E-state index contributed by atoms with van der Waals surface area (Å²) in [7, 11) is -3.65. The second-order valence-electron chi connectivity index (χ2n) is 9.29. The molecule has 0 amide bonds. The number of hydrogen-bond donors (Lipinski definition) is 1. The summed E-state index contributed by atoms with van der Waals surface area (Å²) in [5, 5.41) is 0. The summed E-state index contributed by atoms with van der Waals surface area (Å²) in [6.45, 7) is 8.35. The molecule has 0 fully saturated rings. The molecule has 0 spiro atoms. The number of rotatable bonds is 25. The number of hydrogen-bond acceptors (Lipinski definition) is 2. The molecule has 31 heavy (non-hydrogen) atoms. The lowest BCUT2D eigenvalue weighted by atomic mass is 10.1. The molecule has 0 aliphatic rings. The Hall–Kier alpha value is 0.110. The number of nitrogens with zero attached hydrogens (tertiary/aromatic N) is 1. The molecule has 0 heterocycles. The minimum absolute atomic E-state index is 0.385. The van der Waals surface area contributed by atoms with Gasteiger partial charge in [-0.25, -0.2) is 9.24 Å². The van der Waals surface area contributed by atoms with Crippen LogP contribution in [0.2, 0.25) is 0 Å². The smallest absolute Gasteiger partial charge is 0.312 e. The molecular weight excluding hydrogens is 405 g/mol. The van der Waals surface area contributed by atoms with Gasteiger partial charge in [0.15, 0.2) is 0 Å². The summed E-state index contributed by atoms with van der Waals surface area (Å²) in [6, 6.07) is 0. The van der Waals surface area contributed by atoms with Gasteiger partial charge in [-0.1, -0.05) is 130 Å². The van der Waals surface area contributed by atoms with Crippen LogP contribution in [0.5, 0.6) is 0 Å². The molecule has 0 aliphatic carbocycles. The highest BCUT2D eigenvalue weighted by atomic mass is 31.2. The van der Waals surface area contributed by atoms with Crippen LogP contribution in [0.4, 0.5) is 0 Å². The maximum atomic E-state index is 12.8. The Labute approximate surface area is 195 Å². The van der Waals surface area contributed by atoms with Gasteiger partial charge < -0.3 is 4.89 Å². The topological polar surface area (TPSA) is 49.8 Å². The lowest BCUT2D eigenvalue weighted by molar-refractivity contribution is 0.195. The maximum Gasteiger partial charge on any atom is 0.405 e. The van der Waals surface area contributed by atoms with Gasteiger partial charge in [0, 0.05) is 13.1 Å². The van der Waals surface area contributed by atoms with Gasteiger partial charge in [-0.2, -0.15) is 0 Å². The van der Waals surface area contributed by atoms with Crippen molar-refractivity contribution in [3.05, 3.63) is 0 Å². The molecule has 0 radical (unpaired) electrons.